The summed E-state index contributed by atoms with van der Waals surface area (Å²) in [6, 6.07) is 12.6. The minimum absolute atomic E-state index is 0.0613. The number of hydrogen-bond acceptors (Lipinski definition) is 6. The number of phenolic OH excluding ortho intramolecular Hbond substituents is 2. The van der Waals surface area contributed by atoms with Gasteiger partial charge in [0.1, 0.15) is 18.1 Å². The van der Waals surface area contributed by atoms with Gasteiger partial charge in [0.25, 0.3) is 0 Å². The van der Waals surface area contributed by atoms with Gasteiger partial charge in [-0.3, -0.25) is 0 Å². The Morgan fingerprint density at radius 1 is 0.839 bits per heavy atom. The summed E-state index contributed by atoms with van der Waals surface area (Å²) >= 11 is 0. The van der Waals surface area contributed by atoms with Crippen LogP contribution in [0, 0.1) is 5.82 Å². The van der Waals surface area contributed by atoms with Gasteiger partial charge in [0.05, 0.1) is 21.3 Å². The van der Waals surface area contributed by atoms with Crippen molar-refractivity contribution < 1.29 is 33.6 Å². The van der Waals surface area contributed by atoms with Crippen LogP contribution in [-0.4, -0.2) is 38.1 Å². The van der Waals surface area contributed by atoms with E-state index in [4.69, 9.17) is 18.9 Å². The lowest BCUT2D eigenvalue weighted by Gasteiger charge is -2.26. The zero-order valence-electron chi connectivity index (χ0n) is 17.2. The first-order valence-electron chi connectivity index (χ1n) is 9.45. The van der Waals surface area contributed by atoms with Crippen molar-refractivity contribution >= 4 is 11.1 Å². The average Bonchev–Trinajstić information content (AvgIpc) is 2.78. The molecule has 3 aromatic carbocycles. The molecule has 0 saturated heterocycles. The van der Waals surface area contributed by atoms with Crippen molar-refractivity contribution in [2.75, 3.05) is 27.9 Å². The molecule has 6 nitrogen and oxygen atoms in total. The van der Waals surface area contributed by atoms with E-state index in [0.29, 0.717) is 39.7 Å². The monoisotopic (exact) mass is 424 g/mol. The van der Waals surface area contributed by atoms with E-state index in [1.807, 2.05) is 0 Å². The van der Waals surface area contributed by atoms with Crippen molar-refractivity contribution in [1.82, 2.24) is 0 Å². The van der Waals surface area contributed by atoms with Gasteiger partial charge >= 0.3 is 0 Å². The lowest BCUT2D eigenvalue weighted by molar-refractivity contribution is 0.324. The van der Waals surface area contributed by atoms with Crippen molar-refractivity contribution in [3.63, 3.8) is 0 Å². The van der Waals surface area contributed by atoms with Crippen LogP contribution in [0.3, 0.4) is 0 Å². The molecule has 0 fully saturated rings. The quantitative estimate of drug-likeness (QED) is 0.623. The topological polar surface area (TPSA) is 77.4 Å². The predicted octanol–water partition coefficient (Wildman–Crippen LogP) is 4.61. The summed E-state index contributed by atoms with van der Waals surface area (Å²) in [6.45, 7) is 0.160. The maximum Gasteiger partial charge on any atom is 0.203 e. The van der Waals surface area contributed by atoms with E-state index < -0.39 is 11.6 Å². The van der Waals surface area contributed by atoms with Crippen molar-refractivity contribution in [1.29, 1.82) is 0 Å². The van der Waals surface area contributed by atoms with Crippen LogP contribution in [0.4, 0.5) is 4.39 Å². The number of halogens is 1. The van der Waals surface area contributed by atoms with Gasteiger partial charge in [-0.05, 0) is 53.1 Å². The summed E-state index contributed by atoms with van der Waals surface area (Å²) < 4.78 is 36.5. The molecule has 4 rings (SSSR count). The highest BCUT2D eigenvalue weighted by Crippen LogP contribution is 2.46. The van der Waals surface area contributed by atoms with Crippen molar-refractivity contribution in [2.45, 2.75) is 0 Å². The number of fused-ring (bicyclic) bond motifs is 1. The maximum atomic E-state index is 14.2. The molecule has 0 unspecified atom stereocenters. The fraction of sp³-hybridized carbons (Fsp3) is 0.167. The molecule has 160 valence electrons. The second-order valence-corrected chi connectivity index (χ2v) is 6.90. The molecule has 2 N–H and O–H groups in total. The van der Waals surface area contributed by atoms with Gasteiger partial charge in [-0.1, -0.05) is 6.07 Å². The molecule has 1 aliphatic heterocycles. The number of ether oxygens (including phenoxy) is 4. The third-order valence-electron chi connectivity index (χ3n) is 5.16. The average molecular weight is 424 g/mol. The molecular weight excluding hydrogens is 403 g/mol. The molecule has 0 spiro atoms. The lowest BCUT2D eigenvalue weighted by Crippen LogP contribution is -2.12. The number of rotatable bonds is 5. The van der Waals surface area contributed by atoms with Gasteiger partial charge in [-0.2, -0.15) is 0 Å². The zero-order valence-corrected chi connectivity index (χ0v) is 17.2. The Labute approximate surface area is 178 Å². The van der Waals surface area contributed by atoms with Gasteiger partial charge in [-0.15, -0.1) is 0 Å². The van der Waals surface area contributed by atoms with Crippen molar-refractivity contribution in [3.05, 3.63) is 71.0 Å². The summed E-state index contributed by atoms with van der Waals surface area (Å²) in [5.74, 6) is 0.756. The molecule has 1 heterocycles. The van der Waals surface area contributed by atoms with Crippen LogP contribution in [0.1, 0.15) is 16.7 Å². The van der Waals surface area contributed by atoms with E-state index in [0.717, 1.165) is 11.1 Å². The number of hydrogen-bond donors (Lipinski definition) is 2. The van der Waals surface area contributed by atoms with Crippen LogP contribution in [0.5, 0.6) is 34.5 Å². The van der Waals surface area contributed by atoms with E-state index in [1.165, 1.54) is 45.6 Å². The second kappa shape index (κ2) is 8.10. The molecule has 0 saturated carbocycles. The highest BCUT2D eigenvalue weighted by molar-refractivity contribution is 6.02. The summed E-state index contributed by atoms with van der Waals surface area (Å²) in [6.07, 6.45) is 0. The highest BCUT2D eigenvalue weighted by atomic mass is 19.1. The molecule has 0 bridgehead atoms. The van der Waals surface area contributed by atoms with Gasteiger partial charge in [0.2, 0.25) is 5.75 Å². The standard InChI is InChI=1S/C24H21FO6/c1-28-21-9-14(10-22(29-2)24(21)30-3)17-12-31-20-11-15(26)5-6-16(20)23(17)13-4-7-19(27)18(25)8-13/h4-11,26-27H,12H2,1-3H3. The molecule has 1 aliphatic rings. The summed E-state index contributed by atoms with van der Waals surface area (Å²) in [5.41, 5.74) is 3.42. The predicted molar refractivity (Wildman–Crippen MR) is 114 cm³/mol. The summed E-state index contributed by atoms with van der Waals surface area (Å²) in [7, 11) is 4.58. The lowest BCUT2D eigenvalue weighted by atomic mass is 9.87. The van der Waals surface area contributed by atoms with Gasteiger partial charge in [-0.25, -0.2) is 4.39 Å². The van der Waals surface area contributed by atoms with Gasteiger partial charge < -0.3 is 29.2 Å². The molecule has 0 radical (unpaired) electrons. The van der Waals surface area contributed by atoms with Crippen LogP contribution in [0.2, 0.25) is 0 Å². The van der Waals surface area contributed by atoms with E-state index >= 15 is 0 Å². The fourth-order valence-electron chi connectivity index (χ4n) is 3.70. The van der Waals surface area contributed by atoms with Crippen molar-refractivity contribution in [3.8, 4) is 34.5 Å². The van der Waals surface area contributed by atoms with Crippen LogP contribution in [0.15, 0.2) is 48.5 Å². The summed E-state index contributed by atoms with van der Waals surface area (Å²) in [4.78, 5) is 0. The number of phenols is 2. The van der Waals surface area contributed by atoms with Gasteiger partial charge in [0, 0.05) is 17.2 Å². The van der Waals surface area contributed by atoms with Crippen LogP contribution in [0.25, 0.3) is 11.1 Å². The van der Waals surface area contributed by atoms with E-state index in [-0.39, 0.29) is 12.4 Å². The third kappa shape index (κ3) is 3.59. The first-order valence-corrected chi connectivity index (χ1v) is 9.45. The molecule has 7 heteroatoms. The van der Waals surface area contributed by atoms with E-state index in [1.54, 1.807) is 24.3 Å². The maximum absolute atomic E-state index is 14.2. The van der Waals surface area contributed by atoms with Crippen LogP contribution < -0.4 is 18.9 Å². The number of methoxy groups -OCH3 is 3. The molecule has 0 aliphatic carbocycles. The highest BCUT2D eigenvalue weighted by Gasteiger charge is 2.26. The normalized spacial score (nSPS) is 12.8. The largest absolute Gasteiger partial charge is 0.508 e. The molecule has 0 atom stereocenters. The first kappa shape index (κ1) is 20.4. The van der Waals surface area contributed by atoms with E-state index in [2.05, 4.69) is 0 Å². The molecule has 0 amide bonds. The number of aromatic hydroxyl groups is 2. The molecule has 31 heavy (non-hydrogen) atoms. The Hall–Kier alpha value is -3.87. The van der Waals surface area contributed by atoms with Crippen molar-refractivity contribution in [2.24, 2.45) is 0 Å². The number of benzene rings is 3. The fourth-order valence-corrected chi connectivity index (χ4v) is 3.70. The zero-order chi connectivity index (χ0) is 22.1. The Bertz CT molecular complexity index is 1160. The smallest absolute Gasteiger partial charge is 0.203 e. The van der Waals surface area contributed by atoms with Gasteiger partial charge in [0.15, 0.2) is 23.1 Å². The Balaban J connectivity index is 2.02. The Morgan fingerprint density at radius 3 is 2.16 bits per heavy atom. The summed E-state index contributed by atoms with van der Waals surface area (Å²) in [5, 5.41) is 19.5. The molecule has 0 aromatic heterocycles. The van der Waals surface area contributed by atoms with Crippen LogP contribution >= 0.6 is 0 Å². The minimum Gasteiger partial charge on any atom is -0.508 e. The third-order valence-corrected chi connectivity index (χ3v) is 5.16. The van der Waals surface area contributed by atoms with E-state index in [9.17, 15) is 14.6 Å². The first-order chi connectivity index (χ1) is 15.0. The SMILES string of the molecule is COc1cc(C2=C(c3ccc(O)c(F)c3)c3ccc(O)cc3OC2)cc(OC)c1OC. The second-order valence-electron chi connectivity index (χ2n) is 6.90. The van der Waals surface area contributed by atoms with Crippen LogP contribution in [-0.2, 0) is 0 Å². The minimum atomic E-state index is -0.735. The molecule has 3 aromatic rings. The Kier molecular flexibility index (Phi) is 5.33. The Morgan fingerprint density at radius 2 is 1.55 bits per heavy atom. The molecular formula is C24H21FO6.